The van der Waals surface area contributed by atoms with Crippen molar-refractivity contribution in [3.05, 3.63) is 88.7 Å². The molecule has 0 atom stereocenters. The molecule has 2 aromatic carbocycles. The van der Waals surface area contributed by atoms with E-state index >= 15 is 0 Å². The monoisotopic (exact) mass is 358 g/mol. The van der Waals surface area contributed by atoms with E-state index in [4.69, 9.17) is 0 Å². The molecule has 0 bridgehead atoms. The molecule has 0 radical (unpaired) electrons. The number of rotatable bonds is 5. The van der Waals surface area contributed by atoms with E-state index in [1.165, 1.54) is 16.8 Å². The van der Waals surface area contributed by atoms with Crippen LogP contribution in [0, 0.1) is 6.92 Å². The van der Waals surface area contributed by atoms with E-state index in [2.05, 4.69) is 5.10 Å². The lowest BCUT2D eigenvalue weighted by molar-refractivity contribution is -0.138. The number of aromatic nitrogens is 2. The molecule has 3 rings (SSSR count). The van der Waals surface area contributed by atoms with E-state index in [-0.39, 0.29) is 24.3 Å². The van der Waals surface area contributed by atoms with Crippen molar-refractivity contribution in [1.82, 2.24) is 9.78 Å². The quantitative estimate of drug-likeness (QED) is 0.621. The minimum atomic E-state index is -4.41. The Labute approximate surface area is 149 Å². The molecule has 0 aliphatic carbocycles. The van der Waals surface area contributed by atoms with Crippen LogP contribution >= 0.6 is 0 Å². The minimum absolute atomic E-state index is 0.00572. The van der Waals surface area contributed by atoms with Crippen molar-refractivity contribution < 1.29 is 18.0 Å². The van der Waals surface area contributed by atoms with E-state index < -0.39 is 11.7 Å². The van der Waals surface area contributed by atoms with Crippen LogP contribution in [0.15, 0.2) is 60.8 Å². The Hall–Kier alpha value is -2.89. The summed E-state index contributed by atoms with van der Waals surface area (Å²) in [5.41, 5.74) is 1.51. The van der Waals surface area contributed by atoms with Crippen LogP contribution in [0.3, 0.4) is 0 Å². The van der Waals surface area contributed by atoms with Crippen molar-refractivity contribution in [3.63, 3.8) is 0 Å². The highest BCUT2D eigenvalue weighted by molar-refractivity contribution is 5.98. The van der Waals surface area contributed by atoms with E-state index in [9.17, 15) is 18.0 Å². The molecule has 1 heterocycles. The van der Waals surface area contributed by atoms with Crippen LogP contribution in [0.2, 0.25) is 0 Å². The summed E-state index contributed by atoms with van der Waals surface area (Å²) in [5.74, 6) is -0.0657. The van der Waals surface area contributed by atoms with Crippen LogP contribution in [-0.2, 0) is 19.1 Å². The highest BCUT2D eigenvalue weighted by Gasteiger charge is 2.32. The molecule has 0 aliphatic rings. The molecule has 0 saturated heterocycles. The molecule has 0 saturated carbocycles. The minimum Gasteiger partial charge on any atom is -0.294 e. The topological polar surface area (TPSA) is 34.9 Å². The largest absolute Gasteiger partial charge is 0.416 e. The Morgan fingerprint density at radius 1 is 1.04 bits per heavy atom. The number of halogens is 3. The third kappa shape index (κ3) is 4.02. The zero-order valence-electron chi connectivity index (χ0n) is 14.1. The summed E-state index contributed by atoms with van der Waals surface area (Å²) < 4.78 is 40.7. The molecule has 0 unspecified atom stereocenters. The standard InChI is InChI=1S/C20H17F3N2O/c1-14-6-2-4-8-17(14)19(26)12-16-10-11-25(24-16)13-15-7-3-5-9-18(15)20(21,22)23/h2-11H,12-13H2,1H3. The van der Waals surface area contributed by atoms with Crippen molar-refractivity contribution in [2.45, 2.75) is 26.1 Å². The number of benzene rings is 2. The number of alkyl halides is 3. The van der Waals surface area contributed by atoms with Crippen molar-refractivity contribution in [1.29, 1.82) is 0 Å². The SMILES string of the molecule is Cc1ccccc1C(=O)Cc1ccn(Cc2ccccc2C(F)(F)F)n1. The van der Waals surface area contributed by atoms with Gasteiger partial charge in [-0.1, -0.05) is 42.5 Å². The second-order valence-electron chi connectivity index (χ2n) is 6.07. The van der Waals surface area contributed by atoms with Gasteiger partial charge in [0.05, 0.1) is 24.2 Å². The summed E-state index contributed by atoms with van der Waals surface area (Å²) >= 11 is 0. The number of Topliss-reactive ketones (excluding diaryl/α,β-unsaturated/α-hetero) is 1. The molecule has 0 fully saturated rings. The first-order valence-electron chi connectivity index (χ1n) is 8.11. The fourth-order valence-electron chi connectivity index (χ4n) is 2.84. The van der Waals surface area contributed by atoms with Crippen molar-refractivity contribution in [2.75, 3.05) is 0 Å². The van der Waals surface area contributed by atoms with Gasteiger partial charge in [0, 0.05) is 11.8 Å². The van der Waals surface area contributed by atoms with E-state index in [1.807, 2.05) is 19.1 Å². The van der Waals surface area contributed by atoms with Gasteiger partial charge in [-0.15, -0.1) is 0 Å². The first-order chi connectivity index (χ1) is 12.3. The third-order valence-electron chi connectivity index (χ3n) is 4.14. The smallest absolute Gasteiger partial charge is 0.294 e. The average molecular weight is 358 g/mol. The van der Waals surface area contributed by atoms with Crippen LogP contribution < -0.4 is 0 Å². The van der Waals surface area contributed by atoms with Gasteiger partial charge < -0.3 is 0 Å². The summed E-state index contributed by atoms with van der Waals surface area (Å²) in [7, 11) is 0. The van der Waals surface area contributed by atoms with Crippen LogP contribution in [0.1, 0.15) is 32.7 Å². The summed E-state index contributed by atoms with van der Waals surface area (Å²) in [6.07, 6.45) is -2.71. The highest BCUT2D eigenvalue weighted by Crippen LogP contribution is 2.32. The molecule has 0 N–H and O–H groups in total. The van der Waals surface area contributed by atoms with Crippen LogP contribution in [0.4, 0.5) is 13.2 Å². The van der Waals surface area contributed by atoms with Gasteiger partial charge in [0.1, 0.15) is 0 Å². The van der Waals surface area contributed by atoms with Gasteiger partial charge in [0.2, 0.25) is 0 Å². The fourth-order valence-corrected chi connectivity index (χ4v) is 2.84. The van der Waals surface area contributed by atoms with Gasteiger partial charge in [-0.3, -0.25) is 9.48 Å². The van der Waals surface area contributed by atoms with Gasteiger partial charge >= 0.3 is 6.18 Å². The molecule has 0 aliphatic heterocycles. The number of hydrogen-bond donors (Lipinski definition) is 0. The number of hydrogen-bond acceptors (Lipinski definition) is 2. The summed E-state index contributed by atoms with van der Waals surface area (Å²) in [6.45, 7) is 1.86. The molecule has 1 aromatic heterocycles. The first kappa shape index (κ1) is 17.9. The number of nitrogens with zero attached hydrogens (tertiary/aromatic N) is 2. The molecule has 3 aromatic rings. The lowest BCUT2D eigenvalue weighted by atomic mass is 10.0. The molecule has 6 heteroatoms. The predicted octanol–water partition coefficient (Wildman–Crippen LogP) is 4.68. The summed E-state index contributed by atoms with van der Waals surface area (Å²) in [6, 6.07) is 14.4. The van der Waals surface area contributed by atoms with Gasteiger partial charge in [-0.2, -0.15) is 18.3 Å². The van der Waals surface area contributed by atoms with E-state index in [0.717, 1.165) is 11.6 Å². The number of carbonyl (C=O) groups is 1. The summed E-state index contributed by atoms with van der Waals surface area (Å²) in [4.78, 5) is 12.4. The molecule has 3 nitrogen and oxygen atoms in total. The summed E-state index contributed by atoms with van der Waals surface area (Å²) in [5, 5.41) is 4.25. The van der Waals surface area contributed by atoms with Crippen molar-refractivity contribution >= 4 is 5.78 Å². The van der Waals surface area contributed by atoms with Crippen LogP contribution in [0.5, 0.6) is 0 Å². The van der Waals surface area contributed by atoms with E-state index in [1.54, 1.807) is 30.5 Å². The van der Waals surface area contributed by atoms with Gasteiger partial charge in [-0.25, -0.2) is 0 Å². The Balaban J connectivity index is 1.75. The lowest BCUT2D eigenvalue weighted by Crippen LogP contribution is -2.12. The maximum atomic E-state index is 13.1. The molecular formula is C20H17F3N2O. The molecular weight excluding hydrogens is 341 g/mol. The van der Waals surface area contributed by atoms with Gasteiger partial charge in [0.15, 0.2) is 5.78 Å². The Morgan fingerprint density at radius 3 is 2.46 bits per heavy atom. The zero-order chi connectivity index (χ0) is 18.7. The second kappa shape index (κ2) is 7.15. The first-order valence-corrected chi connectivity index (χ1v) is 8.11. The predicted molar refractivity (Wildman–Crippen MR) is 92.0 cm³/mol. The van der Waals surface area contributed by atoms with Crippen molar-refractivity contribution in [3.8, 4) is 0 Å². The molecule has 134 valence electrons. The number of aryl methyl sites for hydroxylation is 1. The average Bonchev–Trinajstić information content (AvgIpc) is 3.01. The fraction of sp³-hybridized carbons (Fsp3) is 0.200. The maximum Gasteiger partial charge on any atom is 0.416 e. The van der Waals surface area contributed by atoms with E-state index in [0.29, 0.717) is 11.3 Å². The van der Waals surface area contributed by atoms with Gasteiger partial charge in [0.25, 0.3) is 0 Å². The Morgan fingerprint density at radius 2 is 1.73 bits per heavy atom. The van der Waals surface area contributed by atoms with Crippen LogP contribution in [0.25, 0.3) is 0 Å². The zero-order valence-corrected chi connectivity index (χ0v) is 14.1. The molecule has 26 heavy (non-hydrogen) atoms. The normalized spacial score (nSPS) is 11.5. The maximum absolute atomic E-state index is 13.1. The molecule has 0 spiro atoms. The lowest BCUT2D eigenvalue weighted by Gasteiger charge is -2.12. The Kier molecular flexibility index (Phi) is 4.93. The number of carbonyl (C=O) groups excluding carboxylic acids is 1. The number of ketones is 1. The third-order valence-corrected chi connectivity index (χ3v) is 4.14. The van der Waals surface area contributed by atoms with Gasteiger partial charge in [-0.05, 0) is 30.2 Å². The highest BCUT2D eigenvalue weighted by atomic mass is 19.4. The molecule has 0 amide bonds. The van der Waals surface area contributed by atoms with Crippen LogP contribution in [-0.4, -0.2) is 15.6 Å². The second-order valence-corrected chi connectivity index (χ2v) is 6.07. The van der Waals surface area contributed by atoms with Crippen molar-refractivity contribution in [2.24, 2.45) is 0 Å². The Bertz CT molecular complexity index is 929.